The summed E-state index contributed by atoms with van der Waals surface area (Å²) in [5, 5.41) is 12.9. The minimum atomic E-state index is -0.419. The zero-order valence-corrected chi connectivity index (χ0v) is 14.6. The van der Waals surface area contributed by atoms with Gasteiger partial charge in [0.05, 0.1) is 0 Å². The van der Waals surface area contributed by atoms with Gasteiger partial charge >= 0.3 is 0 Å². The number of allylic oxidation sites excluding steroid dienone is 2. The van der Waals surface area contributed by atoms with Gasteiger partial charge in [0.2, 0.25) is 0 Å². The topological polar surface area (TPSA) is 35.5 Å². The van der Waals surface area contributed by atoms with Crippen molar-refractivity contribution < 1.29 is 5.11 Å². The molecule has 0 bridgehead atoms. The van der Waals surface area contributed by atoms with E-state index in [9.17, 15) is 5.11 Å². The summed E-state index contributed by atoms with van der Waals surface area (Å²) in [4.78, 5) is 1.96. The van der Waals surface area contributed by atoms with Crippen molar-refractivity contribution in [3.05, 3.63) is 24.6 Å². The van der Waals surface area contributed by atoms with E-state index in [2.05, 4.69) is 24.4 Å². The smallest absolute Gasteiger partial charge is 0.125 e. The molecule has 1 heterocycles. The molecule has 128 valence electrons. The molecule has 0 radical (unpaired) electrons. The van der Waals surface area contributed by atoms with Gasteiger partial charge in [-0.15, -0.1) is 0 Å². The standard InChI is InChI=1S/C19H36N2O/c1-3-4-5-6-7-8-9-10-11-12-13-14-15-19-20-16-17-21(19)18(2)22/h12-13,16-20,22H,3-11,14-15H2,1-2H3/b13-12+. The van der Waals surface area contributed by atoms with Gasteiger partial charge in [-0.2, -0.15) is 0 Å². The van der Waals surface area contributed by atoms with Gasteiger partial charge in [-0.05, 0) is 32.6 Å². The van der Waals surface area contributed by atoms with Gasteiger partial charge in [-0.1, -0.05) is 64.0 Å². The molecule has 3 nitrogen and oxygen atoms in total. The molecule has 2 unspecified atom stereocenters. The second-order valence-electron chi connectivity index (χ2n) is 6.39. The Hall–Kier alpha value is -0.960. The molecule has 0 saturated carbocycles. The second-order valence-corrected chi connectivity index (χ2v) is 6.39. The second kappa shape index (κ2) is 12.6. The van der Waals surface area contributed by atoms with Gasteiger partial charge in [0.1, 0.15) is 12.4 Å². The van der Waals surface area contributed by atoms with Crippen LogP contribution < -0.4 is 5.32 Å². The average molecular weight is 309 g/mol. The summed E-state index contributed by atoms with van der Waals surface area (Å²) in [6, 6.07) is 0. The first kappa shape index (κ1) is 19.1. The summed E-state index contributed by atoms with van der Waals surface area (Å²) in [5.74, 6) is 0. The lowest BCUT2D eigenvalue weighted by Crippen LogP contribution is -2.40. The molecule has 0 spiro atoms. The van der Waals surface area contributed by atoms with Crippen LogP contribution in [0.1, 0.15) is 84.5 Å². The van der Waals surface area contributed by atoms with Gasteiger partial charge in [0.25, 0.3) is 0 Å². The highest BCUT2D eigenvalue weighted by atomic mass is 16.3. The van der Waals surface area contributed by atoms with Gasteiger partial charge in [0, 0.05) is 12.4 Å². The Morgan fingerprint density at radius 2 is 1.68 bits per heavy atom. The van der Waals surface area contributed by atoms with Crippen LogP contribution >= 0.6 is 0 Å². The quantitative estimate of drug-likeness (QED) is 0.375. The van der Waals surface area contributed by atoms with E-state index in [1.807, 2.05) is 24.2 Å². The van der Waals surface area contributed by atoms with Crippen molar-refractivity contribution >= 4 is 0 Å². The van der Waals surface area contributed by atoms with E-state index in [0.717, 1.165) is 12.8 Å². The number of nitrogens with one attached hydrogen (secondary N) is 1. The van der Waals surface area contributed by atoms with Crippen molar-refractivity contribution in [2.24, 2.45) is 0 Å². The van der Waals surface area contributed by atoms with E-state index in [1.54, 1.807) is 0 Å². The zero-order valence-electron chi connectivity index (χ0n) is 14.6. The lowest BCUT2D eigenvalue weighted by Gasteiger charge is -2.27. The molecule has 22 heavy (non-hydrogen) atoms. The van der Waals surface area contributed by atoms with Crippen molar-refractivity contribution in [1.29, 1.82) is 0 Å². The zero-order chi connectivity index (χ0) is 16.0. The lowest BCUT2D eigenvalue weighted by atomic mass is 10.1. The highest BCUT2D eigenvalue weighted by Gasteiger charge is 2.20. The number of unbranched alkanes of at least 4 members (excludes halogenated alkanes) is 8. The SMILES string of the molecule is CCCCCCCCCC/C=C/CCC1NC=CN1C(C)O. The van der Waals surface area contributed by atoms with Crippen LogP contribution in [0.4, 0.5) is 0 Å². The summed E-state index contributed by atoms with van der Waals surface area (Å²) >= 11 is 0. The van der Waals surface area contributed by atoms with Crippen LogP contribution in [-0.2, 0) is 0 Å². The molecule has 1 rings (SSSR count). The van der Waals surface area contributed by atoms with Crippen LogP contribution in [0.2, 0.25) is 0 Å². The molecular formula is C19H36N2O. The maximum Gasteiger partial charge on any atom is 0.125 e. The third-order valence-corrected chi connectivity index (χ3v) is 4.32. The van der Waals surface area contributed by atoms with Crippen molar-refractivity contribution in [1.82, 2.24) is 10.2 Å². The van der Waals surface area contributed by atoms with E-state index in [-0.39, 0.29) is 6.17 Å². The molecule has 0 fully saturated rings. The van der Waals surface area contributed by atoms with E-state index in [4.69, 9.17) is 0 Å². The third kappa shape index (κ3) is 8.47. The number of hydrogen-bond acceptors (Lipinski definition) is 3. The number of aliphatic hydroxyl groups is 1. The minimum absolute atomic E-state index is 0.243. The molecule has 0 aromatic rings. The first-order valence-electron chi connectivity index (χ1n) is 9.29. The third-order valence-electron chi connectivity index (χ3n) is 4.32. The van der Waals surface area contributed by atoms with E-state index >= 15 is 0 Å². The van der Waals surface area contributed by atoms with Gasteiger partial charge in [0.15, 0.2) is 0 Å². The van der Waals surface area contributed by atoms with Crippen LogP contribution in [0.15, 0.2) is 24.6 Å². The number of aliphatic hydroxyl groups excluding tert-OH is 1. The van der Waals surface area contributed by atoms with Crippen LogP contribution in [0.25, 0.3) is 0 Å². The summed E-state index contributed by atoms with van der Waals surface area (Å²) in [7, 11) is 0. The molecular weight excluding hydrogens is 272 g/mol. The summed E-state index contributed by atoms with van der Waals surface area (Å²) in [5.41, 5.74) is 0. The summed E-state index contributed by atoms with van der Waals surface area (Å²) in [6.45, 7) is 4.08. The maximum absolute atomic E-state index is 9.63. The number of nitrogens with zero attached hydrogens (tertiary/aromatic N) is 1. The largest absolute Gasteiger partial charge is 0.374 e. The van der Waals surface area contributed by atoms with Crippen LogP contribution in [0.3, 0.4) is 0 Å². The van der Waals surface area contributed by atoms with Gasteiger partial charge in [-0.3, -0.25) is 0 Å². The highest BCUT2D eigenvalue weighted by Crippen LogP contribution is 2.14. The number of rotatable bonds is 13. The monoisotopic (exact) mass is 308 g/mol. The molecule has 1 aliphatic rings. The average Bonchev–Trinajstić information content (AvgIpc) is 2.97. The van der Waals surface area contributed by atoms with Crippen molar-refractivity contribution in [3.63, 3.8) is 0 Å². The van der Waals surface area contributed by atoms with Crippen LogP contribution in [0, 0.1) is 0 Å². The van der Waals surface area contributed by atoms with E-state index < -0.39 is 6.23 Å². The van der Waals surface area contributed by atoms with E-state index in [0.29, 0.717) is 0 Å². The summed E-state index contributed by atoms with van der Waals surface area (Å²) < 4.78 is 0. The Balaban J connectivity index is 1.90. The van der Waals surface area contributed by atoms with Crippen molar-refractivity contribution in [2.75, 3.05) is 0 Å². The molecule has 2 N–H and O–H groups in total. The fraction of sp³-hybridized carbons (Fsp3) is 0.789. The predicted molar refractivity (Wildman–Crippen MR) is 95.2 cm³/mol. The Bertz CT molecular complexity index is 313. The first-order valence-corrected chi connectivity index (χ1v) is 9.29. The fourth-order valence-electron chi connectivity index (χ4n) is 2.93. The number of hydrogen-bond donors (Lipinski definition) is 2. The first-order chi connectivity index (χ1) is 10.8. The van der Waals surface area contributed by atoms with E-state index in [1.165, 1.54) is 57.8 Å². The maximum atomic E-state index is 9.63. The molecule has 0 aromatic heterocycles. The van der Waals surface area contributed by atoms with Gasteiger partial charge < -0.3 is 15.3 Å². The molecule has 3 heteroatoms. The molecule has 2 atom stereocenters. The molecule has 0 aliphatic carbocycles. The fourth-order valence-corrected chi connectivity index (χ4v) is 2.93. The van der Waals surface area contributed by atoms with Crippen LogP contribution in [0.5, 0.6) is 0 Å². The Labute approximate surface area is 137 Å². The van der Waals surface area contributed by atoms with Gasteiger partial charge in [-0.25, -0.2) is 0 Å². The lowest BCUT2D eigenvalue weighted by molar-refractivity contribution is 0.0264. The molecule has 0 saturated heterocycles. The summed E-state index contributed by atoms with van der Waals surface area (Å²) in [6.07, 6.45) is 22.7. The molecule has 1 aliphatic heterocycles. The van der Waals surface area contributed by atoms with Crippen molar-refractivity contribution in [2.45, 2.75) is 96.9 Å². The minimum Gasteiger partial charge on any atom is -0.374 e. The normalized spacial score (nSPS) is 19.0. The molecule has 0 aromatic carbocycles. The Morgan fingerprint density at radius 3 is 2.36 bits per heavy atom. The van der Waals surface area contributed by atoms with Crippen LogP contribution in [-0.4, -0.2) is 22.4 Å². The molecule has 0 amide bonds. The Kier molecular flexibility index (Phi) is 10.9. The highest BCUT2D eigenvalue weighted by molar-refractivity contribution is 4.95. The van der Waals surface area contributed by atoms with Crippen molar-refractivity contribution in [3.8, 4) is 0 Å². The Morgan fingerprint density at radius 1 is 1.05 bits per heavy atom. The predicted octanol–water partition coefficient (Wildman–Crippen LogP) is 4.89.